The van der Waals surface area contributed by atoms with Crippen molar-refractivity contribution in [2.24, 2.45) is 11.5 Å². The Morgan fingerprint density at radius 3 is 2.72 bits per heavy atom. The summed E-state index contributed by atoms with van der Waals surface area (Å²) in [5.41, 5.74) is 11.2. The topological polar surface area (TPSA) is 78.3 Å². The van der Waals surface area contributed by atoms with E-state index in [1.54, 1.807) is 0 Å². The van der Waals surface area contributed by atoms with Gasteiger partial charge in [0.05, 0.1) is 13.2 Å². The van der Waals surface area contributed by atoms with Crippen LogP contribution in [0.15, 0.2) is 18.2 Å². The fraction of sp³-hybridized carbons (Fsp3) is 0.462. The Morgan fingerprint density at radius 1 is 1.50 bits per heavy atom. The first-order chi connectivity index (χ1) is 8.35. The number of amides is 1. The molecule has 4 N–H and O–H groups in total. The van der Waals surface area contributed by atoms with Crippen molar-refractivity contribution in [2.45, 2.75) is 32.4 Å². The predicted molar refractivity (Wildman–Crippen MR) is 67.5 cm³/mol. The van der Waals surface area contributed by atoms with Crippen molar-refractivity contribution in [1.29, 1.82) is 0 Å². The SMILES string of the molecule is CCC(C)(N)COCc1cc(C(N)=O)ccc1F. The molecule has 1 aromatic rings. The van der Waals surface area contributed by atoms with Gasteiger partial charge in [-0.2, -0.15) is 0 Å². The minimum Gasteiger partial charge on any atom is -0.375 e. The van der Waals surface area contributed by atoms with Gasteiger partial charge in [-0.3, -0.25) is 4.79 Å². The van der Waals surface area contributed by atoms with E-state index in [4.69, 9.17) is 16.2 Å². The van der Waals surface area contributed by atoms with Crippen LogP contribution >= 0.6 is 0 Å². The van der Waals surface area contributed by atoms with Crippen molar-refractivity contribution in [1.82, 2.24) is 0 Å². The Kier molecular flexibility index (Phi) is 4.81. The van der Waals surface area contributed by atoms with Crippen molar-refractivity contribution >= 4 is 5.91 Å². The van der Waals surface area contributed by atoms with Gasteiger partial charge in [0.1, 0.15) is 5.82 Å². The molecule has 4 nitrogen and oxygen atoms in total. The minimum absolute atomic E-state index is 0.0692. The molecule has 0 saturated carbocycles. The zero-order chi connectivity index (χ0) is 13.8. The Labute approximate surface area is 106 Å². The van der Waals surface area contributed by atoms with Gasteiger partial charge in [0.2, 0.25) is 5.91 Å². The highest BCUT2D eigenvalue weighted by molar-refractivity contribution is 5.92. The third-order valence-corrected chi connectivity index (χ3v) is 2.83. The van der Waals surface area contributed by atoms with Crippen LogP contribution < -0.4 is 11.5 Å². The molecule has 0 aliphatic heterocycles. The molecule has 0 saturated heterocycles. The molecule has 0 radical (unpaired) electrons. The van der Waals surface area contributed by atoms with Crippen molar-refractivity contribution in [3.63, 3.8) is 0 Å². The third-order valence-electron chi connectivity index (χ3n) is 2.83. The van der Waals surface area contributed by atoms with Crippen LogP contribution in [-0.2, 0) is 11.3 Å². The van der Waals surface area contributed by atoms with Crippen molar-refractivity contribution in [3.05, 3.63) is 35.1 Å². The largest absolute Gasteiger partial charge is 0.375 e. The number of carbonyl (C=O) groups is 1. The molecule has 0 heterocycles. The predicted octanol–water partition coefficient (Wildman–Crippen LogP) is 1.57. The van der Waals surface area contributed by atoms with Crippen LogP contribution in [0.1, 0.15) is 36.2 Å². The molecule has 0 aliphatic carbocycles. The molecule has 100 valence electrons. The van der Waals surface area contributed by atoms with E-state index in [-0.39, 0.29) is 12.2 Å². The Balaban J connectivity index is 2.67. The van der Waals surface area contributed by atoms with Gasteiger partial charge in [-0.05, 0) is 31.5 Å². The summed E-state index contributed by atoms with van der Waals surface area (Å²) in [6, 6.07) is 3.96. The summed E-state index contributed by atoms with van der Waals surface area (Å²) in [4.78, 5) is 11.0. The van der Waals surface area contributed by atoms with Gasteiger partial charge in [0.15, 0.2) is 0 Å². The number of nitrogens with two attached hydrogens (primary N) is 2. The van der Waals surface area contributed by atoms with Gasteiger partial charge in [-0.15, -0.1) is 0 Å². The lowest BCUT2D eigenvalue weighted by molar-refractivity contribution is 0.0759. The van der Waals surface area contributed by atoms with Gasteiger partial charge in [0.25, 0.3) is 0 Å². The second-order valence-electron chi connectivity index (χ2n) is 4.67. The quantitative estimate of drug-likeness (QED) is 0.808. The number of rotatable bonds is 6. The summed E-state index contributed by atoms with van der Waals surface area (Å²) < 4.78 is 18.8. The maximum atomic E-state index is 13.5. The molecule has 0 bridgehead atoms. The monoisotopic (exact) mass is 254 g/mol. The summed E-state index contributed by atoms with van der Waals surface area (Å²) in [5.74, 6) is -1.01. The standard InChI is InChI=1S/C13H19FN2O2/c1-3-13(2,16)8-18-7-10-6-9(12(15)17)4-5-11(10)14/h4-6H,3,7-8,16H2,1-2H3,(H2,15,17). The van der Waals surface area contributed by atoms with E-state index in [1.807, 2.05) is 13.8 Å². The van der Waals surface area contributed by atoms with Crippen LogP contribution in [0.25, 0.3) is 0 Å². The van der Waals surface area contributed by atoms with Crippen LogP contribution in [-0.4, -0.2) is 18.1 Å². The highest BCUT2D eigenvalue weighted by atomic mass is 19.1. The number of primary amides is 1. The number of hydrogen-bond donors (Lipinski definition) is 2. The third kappa shape index (κ3) is 4.09. The van der Waals surface area contributed by atoms with Crippen LogP contribution in [0.3, 0.4) is 0 Å². The molecule has 0 fully saturated rings. The van der Waals surface area contributed by atoms with E-state index in [9.17, 15) is 9.18 Å². The first-order valence-corrected chi connectivity index (χ1v) is 5.80. The van der Waals surface area contributed by atoms with Gasteiger partial charge in [-0.1, -0.05) is 6.92 Å². The minimum atomic E-state index is -0.589. The van der Waals surface area contributed by atoms with Crippen LogP contribution in [0.5, 0.6) is 0 Å². The Hall–Kier alpha value is -1.46. The normalized spacial score (nSPS) is 14.2. The summed E-state index contributed by atoms with van der Waals surface area (Å²) in [7, 11) is 0. The molecule has 5 heteroatoms. The second-order valence-corrected chi connectivity index (χ2v) is 4.67. The van der Waals surface area contributed by atoms with Gasteiger partial charge >= 0.3 is 0 Å². The van der Waals surface area contributed by atoms with E-state index in [0.29, 0.717) is 12.2 Å². The first kappa shape index (κ1) is 14.6. The maximum absolute atomic E-state index is 13.5. The zero-order valence-corrected chi connectivity index (χ0v) is 10.7. The van der Waals surface area contributed by atoms with Crippen LogP contribution in [0.2, 0.25) is 0 Å². The Morgan fingerprint density at radius 2 is 2.17 bits per heavy atom. The molecule has 18 heavy (non-hydrogen) atoms. The number of hydrogen-bond acceptors (Lipinski definition) is 3. The molecule has 0 aliphatic rings. The lowest BCUT2D eigenvalue weighted by Crippen LogP contribution is -2.40. The molecule has 1 atom stereocenters. The fourth-order valence-electron chi connectivity index (χ4n) is 1.33. The molecule has 1 aromatic carbocycles. The second kappa shape index (κ2) is 5.93. The first-order valence-electron chi connectivity index (χ1n) is 5.80. The number of ether oxygens (including phenoxy) is 1. The summed E-state index contributed by atoms with van der Waals surface area (Å²) in [6.07, 6.45) is 0.761. The van der Waals surface area contributed by atoms with Crippen LogP contribution in [0, 0.1) is 5.82 Å². The maximum Gasteiger partial charge on any atom is 0.248 e. The van der Waals surface area contributed by atoms with E-state index >= 15 is 0 Å². The molecular weight excluding hydrogens is 235 g/mol. The van der Waals surface area contributed by atoms with Crippen molar-refractivity contribution in [3.8, 4) is 0 Å². The van der Waals surface area contributed by atoms with Crippen molar-refractivity contribution < 1.29 is 13.9 Å². The van der Waals surface area contributed by atoms with E-state index in [1.165, 1.54) is 18.2 Å². The molecule has 1 amide bonds. The molecular formula is C13H19FN2O2. The number of benzene rings is 1. The van der Waals surface area contributed by atoms with E-state index in [0.717, 1.165) is 6.42 Å². The lowest BCUT2D eigenvalue weighted by Gasteiger charge is -2.22. The number of halogens is 1. The summed E-state index contributed by atoms with van der Waals surface area (Å²) >= 11 is 0. The molecule has 1 rings (SSSR count). The highest BCUT2D eigenvalue weighted by Gasteiger charge is 2.16. The van der Waals surface area contributed by atoms with E-state index in [2.05, 4.69) is 0 Å². The summed E-state index contributed by atoms with van der Waals surface area (Å²) in [6.45, 7) is 4.21. The van der Waals surface area contributed by atoms with Gasteiger partial charge in [0, 0.05) is 16.7 Å². The van der Waals surface area contributed by atoms with Crippen LogP contribution in [0.4, 0.5) is 4.39 Å². The zero-order valence-electron chi connectivity index (χ0n) is 10.7. The van der Waals surface area contributed by atoms with Gasteiger partial charge in [-0.25, -0.2) is 4.39 Å². The average molecular weight is 254 g/mol. The molecule has 0 aromatic heterocycles. The average Bonchev–Trinajstić information content (AvgIpc) is 2.31. The molecule has 0 spiro atoms. The smallest absolute Gasteiger partial charge is 0.248 e. The fourth-order valence-corrected chi connectivity index (χ4v) is 1.33. The number of carbonyl (C=O) groups excluding carboxylic acids is 1. The summed E-state index contributed by atoms with van der Waals surface area (Å²) in [5, 5.41) is 0. The molecule has 1 unspecified atom stereocenters. The van der Waals surface area contributed by atoms with Gasteiger partial charge < -0.3 is 16.2 Å². The van der Waals surface area contributed by atoms with Crippen molar-refractivity contribution in [2.75, 3.05) is 6.61 Å². The lowest BCUT2D eigenvalue weighted by atomic mass is 10.0. The Bertz CT molecular complexity index is 433. The van der Waals surface area contributed by atoms with E-state index < -0.39 is 17.3 Å². The highest BCUT2D eigenvalue weighted by Crippen LogP contribution is 2.13.